The van der Waals surface area contributed by atoms with Gasteiger partial charge in [-0.1, -0.05) is 25.8 Å². The third kappa shape index (κ3) is 4.06. The smallest absolute Gasteiger partial charge is 0.120 e. The number of hydrogen-bond donors (Lipinski definition) is 1. The van der Waals surface area contributed by atoms with E-state index in [2.05, 4.69) is 12.2 Å². The first-order chi connectivity index (χ1) is 9.74. The van der Waals surface area contributed by atoms with E-state index in [1.54, 1.807) is 7.11 Å². The topological polar surface area (TPSA) is 38.3 Å². The van der Waals surface area contributed by atoms with Gasteiger partial charge in [0.1, 0.15) is 5.75 Å². The van der Waals surface area contributed by atoms with Gasteiger partial charge in [0, 0.05) is 16.7 Å². The molecule has 0 heterocycles. The first-order valence-corrected chi connectivity index (χ1v) is 8.82. The van der Waals surface area contributed by atoms with Gasteiger partial charge in [-0.2, -0.15) is 0 Å². The van der Waals surface area contributed by atoms with E-state index in [0.717, 1.165) is 17.2 Å². The van der Waals surface area contributed by atoms with E-state index in [-0.39, 0.29) is 0 Å². The number of rotatable bonds is 7. The molecule has 1 N–H and O–H groups in total. The van der Waals surface area contributed by atoms with E-state index in [1.807, 2.05) is 24.3 Å². The number of hydrogen-bond acceptors (Lipinski definition) is 3. The van der Waals surface area contributed by atoms with Crippen LogP contribution in [-0.4, -0.2) is 29.7 Å². The molecule has 1 aliphatic carbocycles. The van der Waals surface area contributed by atoms with E-state index >= 15 is 0 Å². The van der Waals surface area contributed by atoms with Gasteiger partial charge < -0.3 is 10.1 Å². The van der Waals surface area contributed by atoms with Crippen LogP contribution in [0, 0.1) is 5.92 Å². The summed E-state index contributed by atoms with van der Waals surface area (Å²) in [5.41, 5.74) is 0. The standard InChI is InChI=1S/C16H25NO2S/c1-3-17-16(13-7-4-5-8-13)12-20(18)15-10-6-9-14(11-15)19-2/h6,9-11,13,16-17H,3-5,7-8,12H2,1-2H3. The molecule has 0 amide bonds. The summed E-state index contributed by atoms with van der Waals surface area (Å²) in [7, 11) is 0.676. The Morgan fingerprint density at radius 1 is 1.40 bits per heavy atom. The van der Waals surface area contributed by atoms with Crippen LogP contribution >= 0.6 is 0 Å². The molecule has 1 saturated carbocycles. The lowest BCUT2D eigenvalue weighted by molar-refractivity contribution is 0.392. The minimum absolute atomic E-state index is 0.370. The van der Waals surface area contributed by atoms with Crippen molar-refractivity contribution in [2.75, 3.05) is 19.4 Å². The van der Waals surface area contributed by atoms with Gasteiger partial charge in [-0.15, -0.1) is 0 Å². The zero-order valence-corrected chi connectivity index (χ0v) is 13.2. The Kier molecular flexibility index (Phi) is 6.05. The van der Waals surface area contributed by atoms with Gasteiger partial charge in [0.25, 0.3) is 0 Å². The van der Waals surface area contributed by atoms with Crippen molar-refractivity contribution in [1.82, 2.24) is 5.32 Å². The molecule has 1 aliphatic rings. The maximum atomic E-state index is 12.6. The molecule has 1 fully saturated rings. The second-order valence-corrected chi connectivity index (χ2v) is 6.90. The molecule has 2 atom stereocenters. The van der Waals surface area contributed by atoms with Crippen molar-refractivity contribution in [1.29, 1.82) is 0 Å². The van der Waals surface area contributed by atoms with Crippen LogP contribution in [0.15, 0.2) is 29.2 Å². The van der Waals surface area contributed by atoms with Crippen molar-refractivity contribution in [3.05, 3.63) is 24.3 Å². The highest BCUT2D eigenvalue weighted by molar-refractivity contribution is 7.85. The molecule has 0 saturated heterocycles. The molecule has 0 aliphatic heterocycles. The van der Waals surface area contributed by atoms with E-state index in [1.165, 1.54) is 25.7 Å². The summed E-state index contributed by atoms with van der Waals surface area (Å²) in [6.45, 7) is 3.06. The fourth-order valence-corrected chi connectivity index (χ4v) is 4.37. The largest absolute Gasteiger partial charge is 0.497 e. The Balaban J connectivity index is 2.02. The molecule has 2 rings (SSSR count). The maximum Gasteiger partial charge on any atom is 0.120 e. The van der Waals surface area contributed by atoms with Crippen LogP contribution in [0.25, 0.3) is 0 Å². The van der Waals surface area contributed by atoms with Crippen molar-refractivity contribution >= 4 is 10.8 Å². The van der Waals surface area contributed by atoms with Crippen molar-refractivity contribution in [2.45, 2.75) is 43.5 Å². The van der Waals surface area contributed by atoms with Crippen LogP contribution < -0.4 is 10.1 Å². The molecule has 0 spiro atoms. The highest BCUT2D eigenvalue weighted by atomic mass is 32.2. The van der Waals surface area contributed by atoms with Crippen molar-refractivity contribution in [3.8, 4) is 5.75 Å². The second kappa shape index (κ2) is 7.79. The molecule has 2 unspecified atom stereocenters. The molecule has 1 aromatic carbocycles. The highest BCUT2D eigenvalue weighted by Crippen LogP contribution is 2.29. The number of ether oxygens (including phenoxy) is 1. The Bertz CT molecular complexity index is 444. The monoisotopic (exact) mass is 295 g/mol. The molecule has 112 valence electrons. The van der Waals surface area contributed by atoms with Crippen molar-refractivity contribution < 1.29 is 8.95 Å². The Hall–Kier alpha value is -0.870. The average Bonchev–Trinajstić information content (AvgIpc) is 3.01. The summed E-state index contributed by atoms with van der Waals surface area (Å²) in [5, 5.41) is 3.53. The summed E-state index contributed by atoms with van der Waals surface area (Å²) in [6, 6.07) is 7.97. The molecular weight excluding hydrogens is 270 g/mol. The van der Waals surface area contributed by atoms with Gasteiger partial charge in [0.05, 0.1) is 17.9 Å². The fourth-order valence-electron chi connectivity index (χ4n) is 2.99. The zero-order chi connectivity index (χ0) is 14.4. The van der Waals surface area contributed by atoms with Crippen molar-refractivity contribution in [2.24, 2.45) is 5.92 Å². The molecule has 1 aromatic rings. The minimum atomic E-state index is -0.965. The van der Waals surface area contributed by atoms with Gasteiger partial charge in [-0.3, -0.25) is 4.21 Å². The molecule has 0 radical (unpaired) electrons. The van der Waals surface area contributed by atoms with E-state index < -0.39 is 10.8 Å². The molecule has 20 heavy (non-hydrogen) atoms. The van der Waals surface area contributed by atoms with Crippen LogP contribution in [0.5, 0.6) is 5.75 Å². The van der Waals surface area contributed by atoms with E-state index in [9.17, 15) is 4.21 Å². The van der Waals surface area contributed by atoms with Crippen LogP contribution in [0.4, 0.5) is 0 Å². The summed E-state index contributed by atoms with van der Waals surface area (Å²) < 4.78 is 17.8. The van der Waals surface area contributed by atoms with Crippen LogP contribution in [0.3, 0.4) is 0 Å². The molecule has 0 aromatic heterocycles. The minimum Gasteiger partial charge on any atom is -0.497 e. The zero-order valence-electron chi connectivity index (χ0n) is 12.4. The first kappa shape index (κ1) is 15.5. The predicted molar refractivity (Wildman–Crippen MR) is 83.7 cm³/mol. The molecule has 0 bridgehead atoms. The Morgan fingerprint density at radius 2 is 2.15 bits per heavy atom. The van der Waals surface area contributed by atoms with Gasteiger partial charge in [0.2, 0.25) is 0 Å². The van der Waals surface area contributed by atoms with Gasteiger partial charge in [-0.25, -0.2) is 0 Å². The fraction of sp³-hybridized carbons (Fsp3) is 0.625. The maximum absolute atomic E-state index is 12.6. The normalized spacial score (nSPS) is 18.9. The number of nitrogens with one attached hydrogen (secondary N) is 1. The Morgan fingerprint density at radius 3 is 2.80 bits per heavy atom. The lowest BCUT2D eigenvalue weighted by atomic mass is 10.00. The van der Waals surface area contributed by atoms with Crippen LogP contribution in [0.1, 0.15) is 32.6 Å². The number of methoxy groups -OCH3 is 1. The van der Waals surface area contributed by atoms with Gasteiger partial charge >= 0.3 is 0 Å². The first-order valence-electron chi connectivity index (χ1n) is 7.50. The predicted octanol–water partition coefficient (Wildman–Crippen LogP) is 2.97. The summed E-state index contributed by atoms with van der Waals surface area (Å²) in [4.78, 5) is 0.866. The van der Waals surface area contributed by atoms with E-state index in [0.29, 0.717) is 17.7 Å². The Labute approximate surface area is 124 Å². The molecule has 4 heteroatoms. The third-order valence-electron chi connectivity index (χ3n) is 4.07. The van der Waals surface area contributed by atoms with Gasteiger partial charge in [-0.05, 0) is 43.5 Å². The summed E-state index contributed by atoms with van der Waals surface area (Å²) in [5.74, 6) is 2.16. The molecule has 3 nitrogen and oxygen atoms in total. The SMILES string of the molecule is CCNC(CS(=O)c1cccc(OC)c1)C1CCCC1. The quantitative estimate of drug-likeness (QED) is 0.840. The van der Waals surface area contributed by atoms with Gasteiger partial charge in [0.15, 0.2) is 0 Å². The third-order valence-corrected chi connectivity index (χ3v) is 5.51. The lowest BCUT2D eigenvalue weighted by Crippen LogP contribution is -2.39. The lowest BCUT2D eigenvalue weighted by Gasteiger charge is -2.23. The molecular formula is C16H25NO2S. The van der Waals surface area contributed by atoms with E-state index in [4.69, 9.17) is 4.74 Å². The van der Waals surface area contributed by atoms with Crippen molar-refractivity contribution in [3.63, 3.8) is 0 Å². The second-order valence-electron chi connectivity index (χ2n) is 5.40. The highest BCUT2D eigenvalue weighted by Gasteiger charge is 2.26. The average molecular weight is 295 g/mol. The summed E-state index contributed by atoms with van der Waals surface area (Å²) >= 11 is 0. The number of benzene rings is 1. The summed E-state index contributed by atoms with van der Waals surface area (Å²) in [6.07, 6.45) is 5.18. The van der Waals surface area contributed by atoms with Crippen LogP contribution in [-0.2, 0) is 10.8 Å². The van der Waals surface area contributed by atoms with Crippen LogP contribution in [0.2, 0.25) is 0 Å².